The van der Waals surface area contributed by atoms with Gasteiger partial charge in [0.05, 0.1) is 23.0 Å². The lowest BCUT2D eigenvalue weighted by Crippen LogP contribution is -2.54. The van der Waals surface area contributed by atoms with E-state index in [9.17, 15) is 28.8 Å². The van der Waals surface area contributed by atoms with E-state index in [-0.39, 0.29) is 53.3 Å². The Morgan fingerprint density at radius 3 is 2.33 bits per heavy atom. The molecule has 3 fully saturated rings. The highest BCUT2D eigenvalue weighted by Crippen LogP contribution is 2.34. The molecule has 0 bridgehead atoms. The van der Waals surface area contributed by atoms with Crippen LogP contribution in [-0.4, -0.2) is 99.3 Å². The summed E-state index contributed by atoms with van der Waals surface area (Å²) in [7, 11) is 3.68. The Kier molecular flexibility index (Phi) is 8.24. The quantitative estimate of drug-likeness (QED) is 0.365. The van der Waals surface area contributed by atoms with Gasteiger partial charge in [-0.15, -0.1) is 0 Å². The third-order valence-corrected chi connectivity index (χ3v) is 10.6. The van der Waals surface area contributed by atoms with Crippen LogP contribution in [0.2, 0.25) is 0 Å². The second-order valence-electron chi connectivity index (χ2n) is 13.1. The van der Waals surface area contributed by atoms with Crippen molar-refractivity contribution in [2.45, 2.75) is 43.2 Å². The number of nitrogens with one attached hydrogen (secondary N) is 2. The number of aryl methyl sites for hydroxylation is 1. The SMILES string of the molecule is CN1C[C@@H](Nc2cnn(C)c(=O)c2Br)C[C@@H](c2ccc(C(=O)N3CC(c4ccc5c(c4)C(=O)N(C4CCC(=O)NC4=O)C5=O)C3)cc2)C1. The lowest BCUT2D eigenvalue weighted by molar-refractivity contribution is -0.136. The molecule has 48 heavy (non-hydrogen) atoms. The van der Waals surface area contributed by atoms with Crippen molar-refractivity contribution in [2.24, 2.45) is 7.05 Å². The molecule has 0 saturated carbocycles. The molecule has 2 N–H and O–H groups in total. The van der Waals surface area contributed by atoms with Crippen LogP contribution in [-0.2, 0) is 16.6 Å². The molecule has 4 aliphatic rings. The Hall–Kier alpha value is -4.69. The summed E-state index contributed by atoms with van der Waals surface area (Å²) < 4.78 is 1.74. The molecule has 1 unspecified atom stereocenters. The molecule has 5 heterocycles. The normalized spacial score (nSPS) is 23.2. The number of likely N-dealkylation sites (tertiary alicyclic amines) is 2. The van der Waals surface area contributed by atoms with E-state index in [0.29, 0.717) is 28.8 Å². The summed E-state index contributed by atoms with van der Waals surface area (Å²) in [5.74, 6) is -1.97. The van der Waals surface area contributed by atoms with Crippen LogP contribution in [0.5, 0.6) is 0 Å². The Labute approximate surface area is 284 Å². The van der Waals surface area contributed by atoms with Gasteiger partial charge in [0.15, 0.2) is 0 Å². The molecular formula is C34H34BrN7O6. The molecular weight excluding hydrogens is 682 g/mol. The Balaban J connectivity index is 0.970. The van der Waals surface area contributed by atoms with E-state index in [1.165, 1.54) is 4.68 Å². The van der Waals surface area contributed by atoms with Crippen LogP contribution in [0.4, 0.5) is 5.69 Å². The third kappa shape index (κ3) is 5.72. The van der Waals surface area contributed by atoms with E-state index in [1.807, 2.05) is 24.3 Å². The number of carbonyl (C=O) groups is 5. The van der Waals surface area contributed by atoms with E-state index >= 15 is 0 Å². The van der Waals surface area contributed by atoms with Gasteiger partial charge >= 0.3 is 0 Å². The van der Waals surface area contributed by atoms with Gasteiger partial charge in [-0.1, -0.05) is 18.2 Å². The van der Waals surface area contributed by atoms with Gasteiger partial charge in [-0.3, -0.25) is 39.0 Å². The summed E-state index contributed by atoms with van der Waals surface area (Å²) in [6.45, 7) is 2.64. The van der Waals surface area contributed by atoms with Crippen molar-refractivity contribution < 1.29 is 24.0 Å². The third-order valence-electron chi connectivity index (χ3n) is 9.80. The molecule has 3 saturated heterocycles. The van der Waals surface area contributed by atoms with Crippen molar-refractivity contribution >= 4 is 51.2 Å². The molecule has 3 atom stereocenters. The predicted octanol–water partition coefficient (Wildman–Crippen LogP) is 2.08. The van der Waals surface area contributed by atoms with E-state index in [1.54, 1.807) is 36.3 Å². The minimum atomic E-state index is -1.01. The molecule has 248 valence electrons. The van der Waals surface area contributed by atoms with E-state index in [4.69, 9.17) is 0 Å². The highest BCUT2D eigenvalue weighted by molar-refractivity contribution is 9.10. The van der Waals surface area contributed by atoms with Crippen molar-refractivity contribution in [1.82, 2.24) is 29.8 Å². The molecule has 13 nitrogen and oxygen atoms in total. The molecule has 2 aromatic carbocycles. The van der Waals surface area contributed by atoms with Crippen LogP contribution < -0.4 is 16.2 Å². The number of benzene rings is 2. The predicted molar refractivity (Wildman–Crippen MR) is 178 cm³/mol. The number of amides is 5. The minimum absolute atomic E-state index is 0.00772. The Morgan fingerprint density at radius 2 is 1.60 bits per heavy atom. The number of rotatable bonds is 6. The average molecular weight is 717 g/mol. The average Bonchev–Trinajstić information content (AvgIpc) is 3.29. The number of piperidine rings is 2. The second-order valence-corrected chi connectivity index (χ2v) is 13.9. The molecule has 0 radical (unpaired) electrons. The number of carbonyl (C=O) groups excluding carboxylic acids is 5. The van der Waals surface area contributed by atoms with Crippen LogP contribution in [0.25, 0.3) is 0 Å². The number of aromatic nitrogens is 2. The van der Waals surface area contributed by atoms with Crippen molar-refractivity contribution in [3.05, 3.63) is 91.3 Å². The monoisotopic (exact) mass is 715 g/mol. The van der Waals surface area contributed by atoms with Crippen molar-refractivity contribution in [2.75, 3.05) is 38.5 Å². The Morgan fingerprint density at radius 1 is 0.896 bits per heavy atom. The zero-order chi connectivity index (χ0) is 33.9. The van der Waals surface area contributed by atoms with Gasteiger partial charge in [0, 0.05) is 57.2 Å². The summed E-state index contributed by atoms with van der Waals surface area (Å²) in [5, 5.41) is 9.81. The molecule has 0 aliphatic carbocycles. The summed E-state index contributed by atoms with van der Waals surface area (Å²) in [5.41, 5.74) is 3.53. The number of fused-ring (bicyclic) bond motifs is 1. The molecule has 5 amide bonds. The first-order valence-electron chi connectivity index (χ1n) is 15.9. The van der Waals surface area contributed by atoms with Gasteiger partial charge in [0.25, 0.3) is 23.3 Å². The highest BCUT2D eigenvalue weighted by atomic mass is 79.9. The number of halogens is 1. The zero-order valence-electron chi connectivity index (χ0n) is 26.4. The van der Waals surface area contributed by atoms with E-state index < -0.39 is 29.7 Å². The van der Waals surface area contributed by atoms with E-state index in [0.717, 1.165) is 35.5 Å². The largest absolute Gasteiger partial charge is 0.379 e. The highest BCUT2D eigenvalue weighted by Gasteiger charge is 2.45. The van der Waals surface area contributed by atoms with Gasteiger partial charge in [-0.2, -0.15) is 5.10 Å². The summed E-state index contributed by atoms with van der Waals surface area (Å²) in [4.78, 5) is 80.8. The Bertz CT molecular complexity index is 1920. The van der Waals surface area contributed by atoms with Gasteiger partial charge in [0.2, 0.25) is 11.8 Å². The number of hydrogen-bond acceptors (Lipinski definition) is 9. The number of nitrogens with zero attached hydrogens (tertiary/aromatic N) is 5. The molecule has 14 heteroatoms. The van der Waals surface area contributed by atoms with Crippen LogP contribution in [0.1, 0.15) is 73.3 Å². The number of anilines is 1. The fourth-order valence-electron chi connectivity index (χ4n) is 7.18. The standard InChI is InChI=1S/C34H34BrN7O6/c1-39-14-21(11-23(17-39)37-26-13-36-40(2)34(48)29(26)35)18-3-5-19(6-4-18)31(45)41-15-22(16-41)20-7-8-24-25(12-20)33(47)42(32(24)46)27-9-10-28(43)38-30(27)44/h3-8,12-13,21-23,27,37H,9-11,14-17H2,1-2H3,(H,38,43,44)/t21-,23+,27?/m1/s1. The first-order chi connectivity index (χ1) is 23.0. The van der Waals surface area contributed by atoms with Gasteiger partial charge in [-0.05, 0) is 77.1 Å². The van der Waals surface area contributed by atoms with Crippen molar-refractivity contribution in [3.8, 4) is 0 Å². The first-order valence-corrected chi connectivity index (χ1v) is 16.7. The van der Waals surface area contributed by atoms with Crippen LogP contribution in [0, 0.1) is 0 Å². The maximum Gasteiger partial charge on any atom is 0.282 e. The van der Waals surface area contributed by atoms with E-state index in [2.05, 4.69) is 43.6 Å². The lowest BCUT2D eigenvalue weighted by Gasteiger charge is -2.40. The van der Waals surface area contributed by atoms with Crippen LogP contribution >= 0.6 is 15.9 Å². The van der Waals surface area contributed by atoms with Crippen LogP contribution in [0.3, 0.4) is 0 Å². The number of hydrogen-bond donors (Lipinski definition) is 2. The first kappa shape index (κ1) is 31.9. The van der Waals surface area contributed by atoms with Crippen LogP contribution in [0.15, 0.2) is 57.9 Å². The molecule has 1 aromatic heterocycles. The van der Waals surface area contributed by atoms with Gasteiger partial charge in [-0.25, -0.2) is 4.68 Å². The maximum atomic E-state index is 13.3. The minimum Gasteiger partial charge on any atom is -0.379 e. The topological polar surface area (TPSA) is 154 Å². The zero-order valence-corrected chi connectivity index (χ0v) is 28.0. The summed E-state index contributed by atoms with van der Waals surface area (Å²) in [6, 6.07) is 12.0. The lowest BCUT2D eigenvalue weighted by atomic mass is 9.87. The molecule has 0 spiro atoms. The fourth-order valence-corrected chi connectivity index (χ4v) is 7.65. The van der Waals surface area contributed by atoms with Gasteiger partial charge in [0.1, 0.15) is 10.5 Å². The van der Waals surface area contributed by atoms with Crippen molar-refractivity contribution in [1.29, 1.82) is 0 Å². The fraction of sp³-hybridized carbons (Fsp3) is 0.382. The van der Waals surface area contributed by atoms with Crippen molar-refractivity contribution in [3.63, 3.8) is 0 Å². The second kappa shape index (κ2) is 12.4. The summed E-state index contributed by atoms with van der Waals surface area (Å²) in [6.07, 6.45) is 2.67. The number of imide groups is 2. The smallest absolute Gasteiger partial charge is 0.282 e. The summed E-state index contributed by atoms with van der Waals surface area (Å²) >= 11 is 3.40. The molecule has 4 aliphatic heterocycles. The molecule has 3 aromatic rings. The maximum absolute atomic E-state index is 13.3. The number of likely N-dealkylation sites (N-methyl/N-ethyl adjacent to an activating group) is 1. The molecule has 7 rings (SSSR count). The van der Waals surface area contributed by atoms with Gasteiger partial charge < -0.3 is 15.1 Å².